The third-order valence-corrected chi connectivity index (χ3v) is 4.05. The highest BCUT2D eigenvalue weighted by molar-refractivity contribution is 14.1. The Bertz CT molecular complexity index is 355. The van der Waals surface area contributed by atoms with Crippen molar-refractivity contribution in [3.63, 3.8) is 0 Å². The van der Waals surface area contributed by atoms with Crippen molar-refractivity contribution < 1.29 is 9.13 Å². The van der Waals surface area contributed by atoms with E-state index in [2.05, 4.69) is 27.9 Å². The van der Waals surface area contributed by atoms with Crippen LogP contribution in [0.3, 0.4) is 0 Å². The summed E-state index contributed by atoms with van der Waals surface area (Å²) in [5.41, 5.74) is 0. The topological polar surface area (TPSA) is 21.3 Å². The third kappa shape index (κ3) is 4.09. The van der Waals surface area contributed by atoms with Gasteiger partial charge in [-0.25, -0.2) is 4.39 Å². The maximum atomic E-state index is 12.8. The molecule has 100 valence electrons. The SMILES string of the molecule is Fc1ccc(OCC2CCCNC2CCI)cc1. The predicted molar refractivity (Wildman–Crippen MR) is 79.9 cm³/mol. The molecular weight excluding hydrogens is 344 g/mol. The van der Waals surface area contributed by atoms with E-state index in [4.69, 9.17) is 4.74 Å². The average molecular weight is 363 g/mol. The highest BCUT2D eigenvalue weighted by Crippen LogP contribution is 2.21. The smallest absolute Gasteiger partial charge is 0.123 e. The predicted octanol–water partition coefficient (Wildman–Crippen LogP) is 3.40. The van der Waals surface area contributed by atoms with E-state index in [0.717, 1.165) is 18.9 Å². The quantitative estimate of drug-likeness (QED) is 0.640. The van der Waals surface area contributed by atoms with E-state index in [1.807, 2.05) is 0 Å². The molecule has 2 unspecified atom stereocenters. The normalized spacial score (nSPS) is 23.9. The van der Waals surface area contributed by atoms with Crippen molar-refractivity contribution in [2.75, 3.05) is 17.6 Å². The molecule has 1 aromatic carbocycles. The lowest BCUT2D eigenvalue weighted by Crippen LogP contribution is -2.43. The second-order valence-electron chi connectivity index (χ2n) is 4.71. The van der Waals surface area contributed by atoms with Crippen LogP contribution in [0.2, 0.25) is 0 Å². The van der Waals surface area contributed by atoms with Gasteiger partial charge in [-0.15, -0.1) is 0 Å². The van der Waals surface area contributed by atoms with Gasteiger partial charge in [0.1, 0.15) is 11.6 Å². The Morgan fingerprint density at radius 2 is 2.11 bits per heavy atom. The van der Waals surface area contributed by atoms with Gasteiger partial charge in [0.15, 0.2) is 0 Å². The van der Waals surface area contributed by atoms with E-state index >= 15 is 0 Å². The molecule has 0 bridgehead atoms. The van der Waals surface area contributed by atoms with E-state index in [1.165, 1.54) is 35.8 Å². The van der Waals surface area contributed by atoms with Crippen LogP contribution in [0.15, 0.2) is 24.3 Å². The fraction of sp³-hybridized carbons (Fsp3) is 0.571. The molecule has 18 heavy (non-hydrogen) atoms. The van der Waals surface area contributed by atoms with Crippen LogP contribution in [-0.4, -0.2) is 23.6 Å². The van der Waals surface area contributed by atoms with Crippen molar-refractivity contribution in [2.24, 2.45) is 5.92 Å². The van der Waals surface area contributed by atoms with Crippen molar-refractivity contribution >= 4 is 22.6 Å². The zero-order chi connectivity index (χ0) is 12.8. The van der Waals surface area contributed by atoms with Gasteiger partial charge in [-0.1, -0.05) is 22.6 Å². The van der Waals surface area contributed by atoms with Gasteiger partial charge >= 0.3 is 0 Å². The van der Waals surface area contributed by atoms with Crippen LogP contribution in [-0.2, 0) is 0 Å². The number of benzene rings is 1. The number of piperidine rings is 1. The largest absolute Gasteiger partial charge is 0.493 e. The van der Waals surface area contributed by atoms with Gasteiger partial charge in [-0.05, 0) is 50.1 Å². The Morgan fingerprint density at radius 1 is 1.33 bits per heavy atom. The molecule has 1 aliphatic heterocycles. The Hall–Kier alpha value is -0.360. The Labute approximate surface area is 121 Å². The van der Waals surface area contributed by atoms with E-state index in [9.17, 15) is 4.39 Å². The fourth-order valence-electron chi connectivity index (χ4n) is 2.41. The Morgan fingerprint density at radius 3 is 2.83 bits per heavy atom. The molecule has 0 aliphatic carbocycles. The van der Waals surface area contributed by atoms with Crippen molar-refractivity contribution in [3.05, 3.63) is 30.1 Å². The van der Waals surface area contributed by atoms with E-state index in [1.54, 1.807) is 12.1 Å². The summed E-state index contributed by atoms with van der Waals surface area (Å²) in [7, 11) is 0. The van der Waals surface area contributed by atoms with Gasteiger partial charge in [0.25, 0.3) is 0 Å². The summed E-state index contributed by atoms with van der Waals surface area (Å²) in [6.07, 6.45) is 3.63. The van der Waals surface area contributed by atoms with Crippen LogP contribution >= 0.6 is 22.6 Å². The molecule has 2 atom stereocenters. The molecule has 0 saturated carbocycles. The number of alkyl halides is 1. The van der Waals surface area contributed by atoms with Gasteiger partial charge in [-0.3, -0.25) is 0 Å². The Balaban J connectivity index is 1.85. The molecular formula is C14H19FINO. The molecule has 1 N–H and O–H groups in total. The minimum Gasteiger partial charge on any atom is -0.493 e. The lowest BCUT2D eigenvalue weighted by atomic mass is 9.90. The van der Waals surface area contributed by atoms with Crippen LogP contribution in [0, 0.1) is 11.7 Å². The van der Waals surface area contributed by atoms with E-state index in [-0.39, 0.29) is 5.82 Å². The summed E-state index contributed by atoms with van der Waals surface area (Å²) in [5.74, 6) is 1.11. The minimum absolute atomic E-state index is 0.218. The molecule has 2 nitrogen and oxygen atoms in total. The van der Waals surface area contributed by atoms with E-state index in [0.29, 0.717) is 12.0 Å². The first-order valence-electron chi connectivity index (χ1n) is 6.47. The van der Waals surface area contributed by atoms with Gasteiger partial charge in [0, 0.05) is 16.4 Å². The zero-order valence-corrected chi connectivity index (χ0v) is 12.5. The van der Waals surface area contributed by atoms with Gasteiger partial charge < -0.3 is 10.1 Å². The molecule has 2 rings (SSSR count). The van der Waals surface area contributed by atoms with Crippen molar-refractivity contribution in [1.29, 1.82) is 0 Å². The van der Waals surface area contributed by atoms with Gasteiger partial charge in [0.2, 0.25) is 0 Å². The zero-order valence-electron chi connectivity index (χ0n) is 10.4. The summed E-state index contributed by atoms with van der Waals surface area (Å²) in [5, 5.41) is 3.57. The van der Waals surface area contributed by atoms with Crippen LogP contribution in [0.5, 0.6) is 5.75 Å². The van der Waals surface area contributed by atoms with Crippen LogP contribution < -0.4 is 10.1 Å². The maximum Gasteiger partial charge on any atom is 0.123 e. The lowest BCUT2D eigenvalue weighted by molar-refractivity contribution is 0.173. The van der Waals surface area contributed by atoms with Crippen LogP contribution in [0.1, 0.15) is 19.3 Å². The van der Waals surface area contributed by atoms with Crippen LogP contribution in [0.4, 0.5) is 4.39 Å². The number of nitrogens with one attached hydrogen (secondary N) is 1. The van der Waals surface area contributed by atoms with Crippen molar-refractivity contribution in [2.45, 2.75) is 25.3 Å². The first-order valence-corrected chi connectivity index (χ1v) is 8.00. The van der Waals surface area contributed by atoms with Crippen molar-refractivity contribution in [1.82, 2.24) is 5.32 Å². The summed E-state index contributed by atoms with van der Waals surface area (Å²) < 4.78 is 19.7. The average Bonchev–Trinajstić information content (AvgIpc) is 2.40. The highest BCUT2D eigenvalue weighted by Gasteiger charge is 2.24. The minimum atomic E-state index is -0.218. The summed E-state index contributed by atoms with van der Waals surface area (Å²) in [4.78, 5) is 0. The van der Waals surface area contributed by atoms with E-state index < -0.39 is 0 Å². The molecule has 4 heteroatoms. The lowest BCUT2D eigenvalue weighted by Gasteiger charge is -2.32. The van der Waals surface area contributed by atoms with Gasteiger partial charge in [-0.2, -0.15) is 0 Å². The second-order valence-corrected chi connectivity index (χ2v) is 5.78. The molecule has 1 aliphatic rings. The molecule has 0 aromatic heterocycles. The fourth-order valence-corrected chi connectivity index (χ4v) is 3.08. The van der Waals surface area contributed by atoms with Crippen LogP contribution in [0.25, 0.3) is 0 Å². The first kappa shape index (κ1) is 14.1. The number of ether oxygens (including phenoxy) is 1. The molecule has 0 spiro atoms. The molecule has 1 aromatic rings. The number of halogens is 2. The Kier molecular flexibility index (Phi) is 5.69. The molecule has 0 radical (unpaired) electrons. The standard InChI is InChI=1S/C14H19FINO/c15-12-3-5-13(6-4-12)18-10-11-2-1-9-17-14(11)7-8-16/h3-6,11,14,17H,1-2,7-10H2. The summed E-state index contributed by atoms with van der Waals surface area (Å²) >= 11 is 2.42. The molecule has 0 amide bonds. The maximum absolute atomic E-state index is 12.8. The third-order valence-electron chi connectivity index (χ3n) is 3.43. The second kappa shape index (κ2) is 7.28. The monoisotopic (exact) mass is 363 g/mol. The molecule has 1 heterocycles. The highest BCUT2D eigenvalue weighted by atomic mass is 127. The first-order chi connectivity index (χ1) is 8.79. The summed E-state index contributed by atoms with van der Waals surface area (Å²) in [6, 6.07) is 6.84. The number of hydrogen-bond acceptors (Lipinski definition) is 2. The molecule has 1 saturated heterocycles. The van der Waals surface area contributed by atoms with Gasteiger partial charge in [0.05, 0.1) is 6.61 Å². The van der Waals surface area contributed by atoms with Crippen molar-refractivity contribution in [3.8, 4) is 5.75 Å². The number of rotatable bonds is 5. The number of hydrogen-bond donors (Lipinski definition) is 1. The summed E-state index contributed by atoms with van der Waals surface area (Å²) in [6.45, 7) is 1.84. The molecule has 1 fully saturated rings.